The van der Waals surface area contributed by atoms with Crippen LogP contribution in [0, 0.1) is 23.7 Å². The molecule has 0 aromatic rings. The summed E-state index contributed by atoms with van der Waals surface area (Å²) in [6.07, 6.45) is 6.58. The van der Waals surface area contributed by atoms with Crippen LogP contribution in [0.15, 0.2) is 0 Å². The van der Waals surface area contributed by atoms with Gasteiger partial charge < -0.3 is 15.1 Å². The molecule has 2 fully saturated rings. The molecule has 0 atom stereocenters. The van der Waals surface area contributed by atoms with Crippen LogP contribution in [-0.4, -0.2) is 60.9 Å². The van der Waals surface area contributed by atoms with Crippen molar-refractivity contribution in [3.63, 3.8) is 0 Å². The van der Waals surface area contributed by atoms with E-state index in [-0.39, 0.29) is 11.8 Å². The molecule has 5 heteroatoms. The molecule has 0 aliphatic carbocycles. The highest BCUT2D eigenvalue weighted by atomic mass is 16.2. The maximum Gasteiger partial charge on any atom is 0.222 e. The van der Waals surface area contributed by atoms with Gasteiger partial charge in [-0.2, -0.15) is 0 Å². The Bertz CT molecular complexity index is 476. The molecule has 5 nitrogen and oxygen atoms in total. The van der Waals surface area contributed by atoms with Crippen LogP contribution < -0.4 is 5.32 Å². The molecule has 0 aromatic heterocycles. The molecule has 1 N–H and O–H groups in total. The molecule has 2 aliphatic rings. The third kappa shape index (κ3) is 8.10. The maximum absolute atomic E-state index is 12.4. The highest BCUT2D eigenvalue weighted by Crippen LogP contribution is 2.26. The Balaban J connectivity index is 1.57. The van der Waals surface area contributed by atoms with Gasteiger partial charge in [0.15, 0.2) is 0 Å². The average molecular weight is 394 g/mol. The van der Waals surface area contributed by atoms with Crippen molar-refractivity contribution in [3.8, 4) is 0 Å². The van der Waals surface area contributed by atoms with Gasteiger partial charge in [-0.15, -0.1) is 0 Å². The normalized spacial score (nSPS) is 20.1. The van der Waals surface area contributed by atoms with Crippen LogP contribution >= 0.6 is 0 Å². The number of rotatable bonds is 9. The van der Waals surface area contributed by atoms with Gasteiger partial charge in [0.25, 0.3) is 0 Å². The van der Waals surface area contributed by atoms with Crippen molar-refractivity contribution < 1.29 is 9.59 Å². The lowest BCUT2D eigenvalue weighted by atomic mass is 9.86. The predicted molar refractivity (Wildman–Crippen MR) is 115 cm³/mol. The van der Waals surface area contributed by atoms with E-state index in [2.05, 4.69) is 37.9 Å². The smallest absolute Gasteiger partial charge is 0.222 e. The van der Waals surface area contributed by atoms with Crippen molar-refractivity contribution in [2.45, 2.75) is 72.6 Å². The van der Waals surface area contributed by atoms with E-state index in [9.17, 15) is 9.59 Å². The first-order valence-corrected chi connectivity index (χ1v) is 11.6. The Kier molecular flexibility index (Phi) is 9.76. The Morgan fingerprint density at radius 2 is 1.57 bits per heavy atom. The first kappa shape index (κ1) is 23.2. The standard InChI is InChI=1S/C23H43N3O2/c1-18(2)16-24-22(27)6-5-7-23(28)26-14-8-20(9-15-26)17-25-12-10-21(11-13-25)19(3)4/h18-21H,5-17H2,1-4H3,(H,24,27). The lowest BCUT2D eigenvalue weighted by Gasteiger charge is -2.38. The zero-order valence-corrected chi connectivity index (χ0v) is 18.7. The van der Waals surface area contributed by atoms with Crippen molar-refractivity contribution >= 4 is 11.8 Å². The van der Waals surface area contributed by atoms with E-state index in [1.165, 1.54) is 32.5 Å². The van der Waals surface area contributed by atoms with E-state index >= 15 is 0 Å². The molecule has 2 amide bonds. The minimum absolute atomic E-state index is 0.0708. The van der Waals surface area contributed by atoms with E-state index < -0.39 is 0 Å². The summed E-state index contributed by atoms with van der Waals surface area (Å²) in [6, 6.07) is 0. The van der Waals surface area contributed by atoms with Gasteiger partial charge in [0, 0.05) is 39.0 Å². The topological polar surface area (TPSA) is 52.7 Å². The number of hydrogen-bond acceptors (Lipinski definition) is 3. The summed E-state index contributed by atoms with van der Waals surface area (Å²) < 4.78 is 0. The number of piperidine rings is 2. The molecule has 0 aromatic carbocycles. The monoisotopic (exact) mass is 393 g/mol. The van der Waals surface area contributed by atoms with Crippen LogP contribution in [0.3, 0.4) is 0 Å². The third-order valence-corrected chi connectivity index (χ3v) is 6.56. The third-order valence-electron chi connectivity index (χ3n) is 6.56. The fourth-order valence-corrected chi connectivity index (χ4v) is 4.50. The van der Waals surface area contributed by atoms with Gasteiger partial charge in [0.05, 0.1) is 0 Å². The van der Waals surface area contributed by atoms with E-state index in [0.717, 1.165) is 50.2 Å². The Hall–Kier alpha value is -1.10. The fraction of sp³-hybridized carbons (Fsp3) is 0.913. The first-order chi connectivity index (χ1) is 13.3. The molecule has 2 saturated heterocycles. The predicted octanol–water partition coefficient (Wildman–Crippen LogP) is 3.54. The zero-order chi connectivity index (χ0) is 20.5. The average Bonchev–Trinajstić information content (AvgIpc) is 2.67. The summed E-state index contributed by atoms with van der Waals surface area (Å²) in [7, 11) is 0. The molecule has 0 radical (unpaired) electrons. The van der Waals surface area contributed by atoms with E-state index in [0.29, 0.717) is 25.2 Å². The van der Waals surface area contributed by atoms with Crippen LogP contribution in [0.2, 0.25) is 0 Å². The quantitative estimate of drug-likeness (QED) is 0.652. The molecule has 2 rings (SSSR count). The molecule has 0 saturated carbocycles. The molecule has 2 aliphatic heterocycles. The van der Waals surface area contributed by atoms with Crippen LogP contribution in [0.5, 0.6) is 0 Å². The minimum atomic E-state index is 0.0708. The molecule has 28 heavy (non-hydrogen) atoms. The van der Waals surface area contributed by atoms with Crippen LogP contribution in [0.4, 0.5) is 0 Å². The van der Waals surface area contributed by atoms with E-state index in [1.807, 2.05) is 4.90 Å². The van der Waals surface area contributed by atoms with Gasteiger partial charge in [-0.3, -0.25) is 9.59 Å². The largest absolute Gasteiger partial charge is 0.356 e. The summed E-state index contributed by atoms with van der Waals surface area (Å²) in [4.78, 5) is 28.9. The zero-order valence-electron chi connectivity index (χ0n) is 18.7. The number of amides is 2. The molecular formula is C23H43N3O2. The van der Waals surface area contributed by atoms with Crippen molar-refractivity contribution in [2.24, 2.45) is 23.7 Å². The van der Waals surface area contributed by atoms with Crippen molar-refractivity contribution in [2.75, 3.05) is 39.3 Å². The van der Waals surface area contributed by atoms with Crippen molar-refractivity contribution in [3.05, 3.63) is 0 Å². The maximum atomic E-state index is 12.4. The number of carbonyl (C=O) groups is 2. The first-order valence-electron chi connectivity index (χ1n) is 11.6. The molecule has 0 bridgehead atoms. The Labute approximate surface area is 172 Å². The van der Waals surface area contributed by atoms with Gasteiger partial charge in [0.1, 0.15) is 0 Å². The van der Waals surface area contributed by atoms with Gasteiger partial charge in [-0.1, -0.05) is 27.7 Å². The van der Waals surface area contributed by atoms with Crippen molar-refractivity contribution in [1.29, 1.82) is 0 Å². The SMILES string of the molecule is CC(C)CNC(=O)CCCC(=O)N1CCC(CN2CCC(C(C)C)CC2)CC1. The molecule has 162 valence electrons. The number of carbonyl (C=O) groups excluding carboxylic acids is 2. The second-order valence-electron chi connectivity index (χ2n) is 9.76. The fourth-order valence-electron chi connectivity index (χ4n) is 4.50. The van der Waals surface area contributed by atoms with Gasteiger partial charge in [0.2, 0.25) is 11.8 Å². The lowest BCUT2D eigenvalue weighted by Crippen LogP contribution is -2.43. The summed E-state index contributed by atoms with van der Waals surface area (Å²) in [5.41, 5.74) is 0. The van der Waals surface area contributed by atoms with E-state index in [4.69, 9.17) is 0 Å². The second kappa shape index (κ2) is 11.8. The van der Waals surface area contributed by atoms with Crippen LogP contribution in [0.25, 0.3) is 0 Å². The van der Waals surface area contributed by atoms with Gasteiger partial charge in [-0.25, -0.2) is 0 Å². The number of likely N-dealkylation sites (tertiary alicyclic amines) is 2. The lowest BCUT2D eigenvalue weighted by molar-refractivity contribution is -0.132. The van der Waals surface area contributed by atoms with Gasteiger partial charge in [-0.05, 0) is 68.9 Å². The highest BCUT2D eigenvalue weighted by molar-refractivity contribution is 5.79. The highest BCUT2D eigenvalue weighted by Gasteiger charge is 2.27. The Morgan fingerprint density at radius 1 is 0.929 bits per heavy atom. The second-order valence-corrected chi connectivity index (χ2v) is 9.76. The van der Waals surface area contributed by atoms with Gasteiger partial charge >= 0.3 is 0 Å². The number of hydrogen-bond donors (Lipinski definition) is 1. The molecule has 2 heterocycles. The summed E-state index contributed by atoms with van der Waals surface area (Å²) in [5.74, 6) is 3.23. The van der Waals surface area contributed by atoms with Crippen molar-refractivity contribution in [1.82, 2.24) is 15.1 Å². The molecular weight excluding hydrogens is 350 g/mol. The summed E-state index contributed by atoms with van der Waals surface area (Å²) >= 11 is 0. The number of nitrogens with one attached hydrogen (secondary N) is 1. The molecule has 0 spiro atoms. The van der Waals surface area contributed by atoms with Crippen LogP contribution in [0.1, 0.15) is 72.6 Å². The van der Waals surface area contributed by atoms with E-state index in [1.54, 1.807) is 0 Å². The minimum Gasteiger partial charge on any atom is -0.356 e. The molecule has 0 unspecified atom stereocenters. The summed E-state index contributed by atoms with van der Waals surface area (Å²) in [6.45, 7) is 15.1. The summed E-state index contributed by atoms with van der Waals surface area (Å²) in [5, 5.41) is 2.92. The number of nitrogens with zero attached hydrogens (tertiary/aromatic N) is 2. The van der Waals surface area contributed by atoms with Crippen LogP contribution in [-0.2, 0) is 9.59 Å². The Morgan fingerprint density at radius 3 is 2.14 bits per heavy atom.